The minimum absolute atomic E-state index is 0.254. The van der Waals surface area contributed by atoms with Crippen molar-refractivity contribution in [2.75, 3.05) is 18.4 Å². The Morgan fingerprint density at radius 3 is 2.41 bits per heavy atom. The molecule has 2 aliphatic rings. The van der Waals surface area contributed by atoms with Gasteiger partial charge < -0.3 is 10.6 Å². The molecule has 0 amide bonds. The third-order valence-electron chi connectivity index (χ3n) is 4.06. The molecule has 92 valence electrons. The lowest BCUT2D eigenvalue weighted by Crippen LogP contribution is -2.35. The highest BCUT2D eigenvalue weighted by Crippen LogP contribution is 2.33. The van der Waals surface area contributed by atoms with E-state index >= 15 is 0 Å². The molecule has 0 atom stereocenters. The fourth-order valence-electron chi connectivity index (χ4n) is 2.97. The zero-order chi connectivity index (χ0) is 11.9. The summed E-state index contributed by atoms with van der Waals surface area (Å²) in [5.41, 5.74) is 6.26. The van der Waals surface area contributed by atoms with E-state index in [9.17, 15) is 0 Å². The van der Waals surface area contributed by atoms with Gasteiger partial charge in [-0.1, -0.05) is 6.07 Å². The lowest BCUT2D eigenvalue weighted by atomic mass is 9.87. The highest BCUT2D eigenvalue weighted by atomic mass is 15.0. The molecule has 3 rings (SSSR count). The first kappa shape index (κ1) is 11.1. The van der Waals surface area contributed by atoms with Gasteiger partial charge in [-0.3, -0.25) is 0 Å². The predicted molar refractivity (Wildman–Crippen MR) is 72.7 cm³/mol. The van der Waals surface area contributed by atoms with Gasteiger partial charge in [0.05, 0.1) is 0 Å². The fourth-order valence-corrected chi connectivity index (χ4v) is 2.97. The Morgan fingerprint density at radius 2 is 1.65 bits per heavy atom. The zero-order valence-corrected chi connectivity index (χ0v) is 10.9. The lowest BCUT2D eigenvalue weighted by molar-refractivity contribution is 0.502. The molecule has 0 fully saturated rings. The van der Waals surface area contributed by atoms with Crippen molar-refractivity contribution in [1.82, 2.24) is 5.32 Å². The number of rotatable bonds is 0. The number of hydrogen-bond donors (Lipinski definition) is 2. The molecule has 2 heterocycles. The van der Waals surface area contributed by atoms with Gasteiger partial charge in [0.1, 0.15) is 0 Å². The molecule has 2 N–H and O–H groups in total. The standard InChI is InChI=1S/C15H22N2/c1-15(2)6-3-13-9-11-4-7-16-8-5-12(11)10-14(13)17-15/h9-10,16-17H,3-8H2,1-2H3. The maximum atomic E-state index is 3.69. The second kappa shape index (κ2) is 4.02. The number of benzene rings is 1. The van der Waals surface area contributed by atoms with Crippen LogP contribution >= 0.6 is 0 Å². The molecule has 2 nitrogen and oxygen atoms in total. The highest BCUT2D eigenvalue weighted by molar-refractivity contribution is 5.59. The zero-order valence-electron chi connectivity index (χ0n) is 10.9. The van der Waals surface area contributed by atoms with Crippen LogP contribution in [0.4, 0.5) is 5.69 Å². The minimum Gasteiger partial charge on any atom is -0.380 e. The predicted octanol–water partition coefficient (Wildman–Crippen LogP) is 2.51. The van der Waals surface area contributed by atoms with E-state index in [0.29, 0.717) is 0 Å². The first-order valence-corrected chi connectivity index (χ1v) is 6.78. The van der Waals surface area contributed by atoms with E-state index in [2.05, 4.69) is 36.6 Å². The van der Waals surface area contributed by atoms with Crippen LogP contribution in [0.3, 0.4) is 0 Å². The molecule has 0 unspecified atom stereocenters. The van der Waals surface area contributed by atoms with Crippen molar-refractivity contribution in [3.63, 3.8) is 0 Å². The molecule has 2 heteroatoms. The quantitative estimate of drug-likeness (QED) is 0.715. The van der Waals surface area contributed by atoms with E-state index in [1.807, 2.05) is 0 Å². The second-order valence-corrected chi connectivity index (χ2v) is 6.04. The maximum Gasteiger partial charge on any atom is 0.0379 e. The van der Waals surface area contributed by atoms with Gasteiger partial charge in [-0.2, -0.15) is 0 Å². The topological polar surface area (TPSA) is 24.1 Å². The van der Waals surface area contributed by atoms with Gasteiger partial charge >= 0.3 is 0 Å². The SMILES string of the molecule is CC1(C)CCc2cc3c(cc2N1)CCNCC3. The van der Waals surface area contributed by atoms with Crippen LogP contribution in [0, 0.1) is 0 Å². The van der Waals surface area contributed by atoms with Crippen LogP contribution in [0.1, 0.15) is 37.0 Å². The maximum absolute atomic E-state index is 3.69. The lowest BCUT2D eigenvalue weighted by Gasteiger charge is -2.34. The van der Waals surface area contributed by atoms with Crippen molar-refractivity contribution in [3.05, 3.63) is 28.8 Å². The van der Waals surface area contributed by atoms with Crippen LogP contribution in [0.2, 0.25) is 0 Å². The van der Waals surface area contributed by atoms with Crippen LogP contribution in [-0.2, 0) is 19.3 Å². The summed E-state index contributed by atoms with van der Waals surface area (Å²) in [6.45, 7) is 6.84. The number of aryl methyl sites for hydroxylation is 1. The average Bonchev–Trinajstić information content (AvgIpc) is 2.49. The third-order valence-corrected chi connectivity index (χ3v) is 4.06. The Hall–Kier alpha value is -1.02. The Bertz CT molecular complexity index is 435. The van der Waals surface area contributed by atoms with Gasteiger partial charge in [-0.15, -0.1) is 0 Å². The minimum atomic E-state index is 0.254. The molecular formula is C15H22N2. The molecule has 17 heavy (non-hydrogen) atoms. The van der Waals surface area contributed by atoms with E-state index in [1.165, 1.54) is 36.9 Å². The van der Waals surface area contributed by atoms with E-state index in [4.69, 9.17) is 0 Å². The molecule has 0 aliphatic carbocycles. The Morgan fingerprint density at radius 1 is 0.941 bits per heavy atom. The summed E-state index contributed by atoms with van der Waals surface area (Å²) < 4.78 is 0. The fraction of sp³-hybridized carbons (Fsp3) is 0.600. The van der Waals surface area contributed by atoms with Crippen LogP contribution in [0.25, 0.3) is 0 Å². The molecule has 2 aliphatic heterocycles. The molecule has 0 aromatic heterocycles. The molecule has 0 saturated heterocycles. The van der Waals surface area contributed by atoms with E-state index < -0.39 is 0 Å². The summed E-state index contributed by atoms with van der Waals surface area (Å²) in [4.78, 5) is 0. The smallest absolute Gasteiger partial charge is 0.0379 e. The average molecular weight is 230 g/mol. The van der Waals surface area contributed by atoms with Crippen molar-refractivity contribution in [3.8, 4) is 0 Å². The third kappa shape index (κ3) is 2.19. The van der Waals surface area contributed by atoms with Gasteiger partial charge in [0.2, 0.25) is 0 Å². The van der Waals surface area contributed by atoms with Crippen molar-refractivity contribution < 1.29 is 0 Å². The van der Waals surface area contributed by atoms with Crippen LogP contribution in [-0.4, -0.2) is 18.6 Å². The van der Waals surface area contributed by atoms with Gasteiger partial charge in [0.15, 0.2) is 0 Å². The first-order chi connectivity index (χ1) is 8.14. The van der Waals surface area contributed by atoms with Crippen LogP contribution in [0.15, 0.2) is 12.1 Å². The van der Waals surface area contributed by atoms with Crippen LogP contribution in [0.5, 0.6) is 0 Å². The number of anilines is 1. The molecular weight excluding hydrogens is 208 g/mol. The Kier molecular flexibility index (Phi) is 2.62. The van der Waals surface area contributed by atoms with Crippen molar-refractivity contribution >= 4 is 5.69 Å². The summed E-state index contributed by atoms with van der Waals surface area (Å²) in [7, 11) is 0. The van der Waals surface area contributed by atoms with Crippen LogP contribution < -0.4 is 10.6 Å². The van der Waals surface area contributed by atoms with Gasteiger partial charge in [0, 0.05) is 11.2 Å². The van der Waals surface area contributed by atoms with Crippen molar-refractivity contribution in [2.24, 2.45) is 0 Å². The summed E-state index contributed by atoms with van der Waals surface area (Å²) in [5, 5.41) is 7.17. The van der Waals surface area contributed by atoms with Crippen molar-refractivity contribution in [2.45, 2.75) is 45.1 Å². The van der Waals surface area contributed by atoms with E-state index in [0.717, 1.165) is 13.1 Å². The highest BCUT2D eigenvalue weighted by Gasteiger charge is 2.25. The van der Waals surface area contributed by atoms with E-state index in [1.54, 1.807) is 11.1 Å². The summed E-state index contributed by atoms with van der Waals surface area (Å²) in [5.74, 6) is 0. The Labute approximate surface area is 104 Å². The Balaban J connectivity index is 1.99. The van der Waals surface area contributed by atoms with Gasteiger partial charge in [-0.05, 0) is 75.4 Å². The normalized spacial score (nSPS) is 22.0. The molecule has 0 spiro atoms. The molecule has 0 bridgehead atoms. The number of nitrogens with one attached hydrogen (secondary N) is 2. The molecule has 0 radical (unpaired) electrons. The largest absolute Gasteiger partial charge is 0.380 e. The summed E-state index contributed by atoms with van der Waals surface area (Å²) in [6.07, 6.45) is 4.81. The number of hydrogen-bond acceptors (Lipinski definition) is 2. The van der Waals surface area contributed by atoms with Crippen molar-refractivity contribution in [1.29, 1.82) is 0 Å². The molecule has 1 aromatic carbocycles. The van der Waals surface area contributed by atoms with Gasteiger partial charge in [0.25, 0.3) is 0 Å². The summed E-state index contributed by atoms with van der Waals surface area (Å²) >= 11 is 0. The number of fused-ring (bicyclic) bond motifs is 2. The molecule has 1 aromatic rings. The molecule has 0 saturated carbocycles. The van der Waals surface area contributed by atoms with E-state index in [-0.39, 0.29) is 5.54 Å². The monoisotopic (exact) mass is 230 g/mol. The summed E-state index contributed by atoms with van der Waals surface area (Å²) in [6, 6.07) is 4.85. The second-order valence-electron chi connectivity index (χ2n) is 6.04. The van der Waals surface area contributed by atoms with Gasteiger partial charge in [-0.25, -0.2) is 0 Å². The first-order valence-electron chi connectivity index (χ1n) is 6.78.